The fraction of sp³-hybridized carbons (Fsp3) is 0.581. The molecule has 1 saturated heterocycles. The summed E-state index contributed by atoms with van der Waals surface area (Å²) in [4.78, 5) is 29.1. The van der Waals surface area contributed by atoms with E-state index < -0.39 is 22.9 Å². The Kier molecular flexibility index (Phi) is 14.5. The van der Waals surface area contributed by atoms with Crippen molar-refractivity contribution in [3.8, 4) is 11.5 Å². The molecule has 1 fully saturated rings. The van der Waals surface area contributed by atoms with Gasteiger partial charge < -0.3 is 34.4 Å². The number of hydrogen-bond acceptors (Lipinski definition) is 10. The minimum Gasteiger partial charge on any atom is -0.487 e. The summed E-state index contributed by atoms with van der Waals surface area (Å²) in [7, 11) is 2.12. The van der Waals surface area contributed by atoms with Gasteiger partial charge in [-0.25, -0.2) is 0 Å². The third-order valence-corrected chi connectivity index (χ3v) is 7.44. The number of para-hydroxylation sites is 1. The third-order valence-electron chi connectivity index (χ3n) is 7.44. The van der Waals surface area contributed by atoms with Gasteiger partial charge in [0.25, 0.3) is 5.09 Å². The summed E-state index contributed by atoms with van der Waals surface area (Å²) < 4.78 is 17.1. The summed E-state index contributed by atoms with van der Waals surface area (Å²) in [5.41, 5.74) is 1.45. The van der Waals surface area contributed by atoms with Crippen molar-refractivity contribution in [3.63, 3.8) is 0 Å². The van der Waals surface area contributed by atoms with E-state index in [2.05, 4.69) is 41.2 Å². The van der Waals surface area contributed by atoms with Crippen molar-refractivity contribution in [1.82, 2.24) is 10.2 Å². The van der Waals surface area contributed by atoms with Gasteiger partial charge in [-0.2, -0.15) is 0 Å². The molecule has 2 aromatic carbocycles. The van der Waals surface area contributed by atoms with Gasteiger partial charge in [0.2, 0.25) is 0 Å². The molecule has 4 rings (SSSR count). The molecule has 2 aromatic rings. The molecule has 0 bridgehead atoms. The molecule has 0 saturated carbocycles. The minimum absolute atomic E-state index is 0. The van der Waals surface area contributed by atoms with Gasteiger partial charge in [-0.15, -0.1) is 22.5 Å². The highest BCUT2D eigenvalue weighted by molar-refractivity contribution is 5.85. The smallest absolute Gasteiger partial charge is 0.306 e. The van der Waals surface area contributed by atoms with Crippen LogP contribution >= 0.6 is 12.4 Å². The number of nitrogens with zero attached hydrogens (tertiary/aromatic N) is 2. The Bertz CT molecular complexity index is 1160. The molecule has 0 spiro atoms. The van der Waals surface area contributed by atoms with E-state index in [1.165, 1.54) is 0 Å². The number of nitrogens with one attached hydrogen (secondary N) is 1. The summed E-state index contributed by atoms with van der Waals surface area (Å²) in [6.45, 7) is 10.6. The lowest BCUT2D eigenvalue weighted by Gasteiger charge is -2.45. The highest BCUT2D eigenvalue weighted by Gasteiger charge is 2.44. The quantitative estimate of drug-likeness (QED) is 0.213. The van der Waals surface area contributed by atoms with Crippen LogP contribution in [0.1, 0.15) is 51.7 Å². The predicted octanol–water partition coefficient (Wildman–Crippen LogP) is 4.16. The molecular weight excluding hydrogens is 578 g/mol. The minimum atomic E-state index is -0.808. The number of fused-ring (bicyclic) bond motifs is 1. The summed E-state index contributed by atoms with van der Waals surface area (Å²) in [5.74, 6) is 1.26. The molecule has 0 radical (unpaired) electrons. The van der Waals surface area contributed by atoms with Gasteiger partial charge in [0, 0.05) is 56.4 Å². The van der Waals surface area contributed by atoms with Gasteiger partial charge >= 0.3 is 5.97 Å². The number of benzene rings is 2. The van der Waals surface area contributed by atoms with Gasteiger partial charge in [0.1, 0.15) is 31.0 Å². The van der Waals surface area contributed by atoms with E-state index in [1.54, 1.807) is 12.1 Å². The summed E-state index contributed by atoms with van der Waals surface area (Å²) in [6.07, 6.45) is 0.415. The maximum absolute atomic E-state index is 11.8. The number of aliphatic hydroxyl groups excluding tert-OH is 1. The van der Waals surface area contributed by atoms with E-state index in [-0.39, 0.29) is 37.6 Å². The number of carbonyl (C=O) groups is 1. The average molecular weight is 624 g/mol. The number of ether oxygens (including phenoxy) is 3. The van der Waals surface area contributed by atoms with Crippen LogP contribution in [0.5, 0.6) is 11.5 Å². The van der Waals surface area contributed by atoms with Crippen molar-refractivity contribution in [2.24, 2.45) is 5.92 Å². The van der Waals surface area contributed by atoms with Crippen molar-refractivity contribution < 1.29 is 34.0 Å². The molecule has 11 nitrogen and oxygen atoms in total. The Hall–Kier alpha value is -3.12. The third kappa shape index (κ3) is 10.5. The second kappa shape index (κ2) is 17.2. The highest BCUT2D eigenvalue weighted by atomic mass is 35.5. The lowest BCUT2D eigenvalue weighted by atomic mass is 9.76. The zero-order valence-electron chi connectivity index (χ0n) is 25.7. The number of hydrogen-bond donors (Lipinski definition) is 2. The molecule has 4 atom stereocenters. The fourth-order valence-corrected chi connectivity index (χ4v) is 5.23. The molecule has 2 aliphatic rings. The maximum Gasteiger partial charge on any atom is 0.306 e. The summed E-state index contributed by atoms with van der Waals surface area (Å²) in [6, 6.07) is 15.8. The molecular formula is C31H46ClN3O8. The molecule has 2 unspecified atom stereocenters. The highest BCUT2D eigenvalue weighted by Crippen LogP contribution is 2.41. The zero-order valence-corrected chi connectivity index (χ0v) is 26.5. The van der Waals surface area contributed by atoms with Crippen molar-refractivity contribution >= 4 is 18.4 Å². The number of likely N-dealkylation sites (tertiary alicyclic amines) is 1. The maximum atomic E-state index is 11.8. The van der Waals surface area contributed by atoms with Crippen LogP contribution in [0.25, 0.3) is 0 Å². The number of rotatable bonds is 11. The number of carbonyl (C=O) groups excluding carboxylic acids is 1. The monoisotopic (exact) mass is 623 g/mol. The van der Waals surface area contributed by atoms with Crippen molar-refractivity contribution in [2.75, 3.05) is 39.9 Å². The first-order chi connectivity index (χ1) is 20.0. The van der Waals surface area contributed by atoms with Gasteiger partial charge in [-0.3, -0.25) is 4.79 Å². The molecule has 2 heterocycles. The Morgan fingerprint density at radius 2 is 1.95 bits per heavy atom. The van der Waals surface area contributed by atoms with E-state index in [0.29, 0.717) is 36.8 Å². The first-order valence-electron chi connectivity index (χ1n) is 14.6. The lowest BCUT2D eigenvalue weighted by Crippen LogP contribution is -2.50. The summed E-state index contributed by atoms with van der Waals surface area (Å²) >= 11 is 0. The fourth-order valence-electron chi connectivity index (χ4n) is 5.23. The number of halogens is 1. The van der Waals surface area contributed by atoms with Crippen LogP contribution in [0.15, 0.2) is 48.5 Å². The normalized spacial score (nSPS) is 22.0. The van der Waals surface area contributed by atoms with Crippen LogP contribution in [-0.4, -0.2) is 79.2 Å². The Labute approximate surface area is 260 Å². The SMILES string of the molecule is CC(C)NCC(O)COc1cccc2c1OCC(O[N+](=O)[O-])C2.CCC(=O)O[C@]1(c2ccccc2)CCN(C)C[C@@H]1C.Cl. The van der Waals surface area contributed by atoms with Gasteiger partial charge in [-0.05, 0) is 18.7 Å². The second-order valence-corrected chi connectivity index (χ2v) is 11.2. The second-order valence-electron chi connectivity index (χ2n) is 11.2. The number of piperidine rings is 1. The van der Waals surface area contributed by atoms with Gasteiger partial charge in [0.15, 0.2) is 11.5 Å². The van der Waals surface area contributed by atoms with Crippen molar-refractivity contribution in [3.05, 3.63) is 69.8 Å². The van der Waals surface area contributed by atoms with E-state index in [9.17, 15) is 20.0 Å². The lowest BCUT2D eigenvalue weighted by molar-refractivity contribution is -0.769. The molecule has 0 aromatic heterocycles. The molecule has 43 heavy (non-hydrogen) atoms. The van der Waals surface area contributed by atoms with E-state index in [0.717, 1.165) is 30.6 Å². The van der Waals surface area contributed by atoms with Crippen LogP contribution in [0, 0.1) is 16.0 Å². The zero-order chi connectivity index (χ0) is 30.7. The van der Waals surface area contributed by atoms with Crippen LogP contribution in [0.4, 0.5) is 0 Å². The molecule has 2 aliphatic heterocycles. The Morgan fingerprint density at radius 1 is 1.23 bits per heavy atom. The first-order valence-corrected chi connectivity index (χ1v) is 14.6. The van der Waals surface area contributed by atoms with Crippen LogP contribution in [0.2, 0.25) is 0 Å². The first kappa shape index (κ1) is 36.1. The molecule has 0 aliphatic carbocycles. The van der Waals surface area contributed by atoms with Crippen LogP contribution < -0.4 is 14.8 Å². The van der Waals surface area contributed by atoms with E-state index in [4.69, 9.17) is 14.2 Å². The predicted molar refractivity (Wildman–Crippen MR) is 165 cm³/mol. The topological polar surface area (TPSA) is 133 Å². The average Bonchev–Trinajstić information content (AvgIpc) is 2.96. The van der Waals surface area contributed by atoms with E-state index >= 15 is 0 Å². The standard InChI is InChI=1S/C16H23NO2.C15H22N2O6.ClH/c1-4-15(18)19-16(14-8-6-5-7-9-14)10-11-17(3)12-13(16)2;1-10(2)16-7-12(18)8-21-14-5-3-4-11-6-13(23-17(19)20)9-22-15(11)14;/h5-9,13H,4,10-12H2,1-3H3;3-5,10,12-13,16,18H,6-9H2,1-2H3;1H/t13-,16+;;/m0../s1. The van der Waals surface area contributed by atoms with Gasteiger partial charge in [0.05, 0.1) is 0 Å². The Balaban J connectivity index is 0.000000298. The number of esters is 1. The molecule has 0 amide bonds. The van der Waals surface area contributed by atoms with Gasteiger partial charge in [-0.1, -0.05) is 70.2 Å². The number of aliphatic hydroxyl groups is 1. The van der Waals surface area contributed by atoms with Crippen LogP contribution in [0.3, 0.4) is 0 Å². The van der Waals surface area contributed by atoms with Crippen molar-refractivity contribution in [2.45, 2.75) is 70.8 Å². The molecule has 240 valence electrons. The van der Waals surface area contributed by atoms with Crippen LogP contribution in [-0.2, 0) is 26.4 Å². The van der Waals surface area contributed by atoms with E-state index in [1.807, 2.05) is 45.0 Å². The Morgan fingerprint density at radius 3 is 2.58 bits per heavy atom. The molecule has 12 heteroatoms. The van der Waals surface area contributed by atoms with Crippen molar-refractivity contribution in [1.29, 1.82) is 0 Å². The molecule has 2 N–H and O–H groups in total. The summed E-state index contributed by atoms with van der Waals surface area (Å²) in [5, 5.41) is 22.6. The largest absolute Gasteiger partial charge is 0.487 e.